The van der Waals surface area contributed by atoms with E-state index in [0.29, 0.717) is 16.9 Å². The predicted octanol–water partition coefficient (Wildman–Crippen LogP) is 3.45. The molecule has 1 atom stereocenters. The lowest BCUT2D eigenvalue weighted by Crippen LogP contribution is -2.32. The van der Waals surface area contributed by atoms with Crippen LogP contribution in [0.5, 0.6) is 5.75 Å². The summed E-state index contributed by atoms with van der Waals surface area (Å²) in [7, 11) is 1.46. The Hall–Kier alpha value is -3.72. The van der Waals surface area contributed by atoms with E-state index in [1.807, 2.05) is 13.8 Å². The van der Waals surface area contributed by atoms with Gasteiger partial charge >= 0.3 is 0 Å². The Morgan fingerprint density at radius 2 is 1.88 bits per heavy atom. The quantitative estimate of drug-likeness (QED) is 0.219. The molecule has 1 amide bonds. The summed E-state index contributed by atoms with van der Waals surface area (Å²) >= 11 is 0. The van der Waals surface area contributed by atoms with Crippen LogP contribution >= 0.6 is 0 Å². The zero-order valence-corrected chi connectivity index (χ0v) is 18.0. The van der Waals surface area contributed by atoms with Crippen LogP contribution in [0.15, 0.2) is 54.1 Å². The minimum absolute atomic E-state index is 0.0329. The third-order valence-electron chi connectivity index (χ3n) is 4.97. The molecule has 32 heavy (non-hydrogen) atoms. The standard InChI is InChI=1S/C23H24N2O7/c1-14(2)32-18-9-7-15(8-10-18)21(26)19-20(16-5-4-6-17(13-16)25(29)30)24(11-12-31-3)23(28)22(19)27/h4-10,13-14,20,26H,11-12H2,1-3H3/b21-19-. The highest BCUT2D eigenvalue weighted by atomic mass is 16.6. The largest absolute Gasteiger partial charge is 0.507 e. The van der Waals surface area contributed by atoms with Crippen LogP contribution in [-0.2, 0) is 14.3 Å². The Kier molecular flexibility index (Phi) is 6.89. The van der Waals surface area contributed by atoms with Gasteiger partial charge in [0.2, 0.25) is 0 Å². The summed E-state index contributed by atoms with van der Waals surface area (Å²) < 4.78 is 10.6. The van der Waals surface area contributed by atoms with Crippen LogP contribution in [0.25, 0.3) is 5.76 Å². The second kappa shape index (κ2) is 9.61. The second-order valence-corrected chi connectivity index (χ2v) is 7.53. The van der Waals surface area contributed by atoms with Crippen molar-refractivity contribution in [2.75, 3.05) is 20.3 Å². The number of ether oxygens (including phenoxy) is 2. The molecule has 2 aromatic carbocycles. The van der Waals surface area contributed by atoms with E-state index in [-0.39, 0.29) is 36.3 Å². The molecule has 0 aromatic heterocycles. The molecular weight excluding hydrogens is 416 g/mol. The minimum atomic E-state index is -0.989. The van der Waals surface area contributed by atoms with E-state index in [9.17, 15) is 24.8 Å². The Morgan fingerprint density at radius 3 is 2.47 bits per heavy atom. The number of benzene rings is 2. The van der Waals surface area contributed by atoms with Gasteiger partial charge in [0.05, 0.1) is 29.2 Å². The van der Waals surface area contributed by atoms with Crippen molar-refractivity contribution in [1.29, 1.82) is 0 Å². The number of hydrogen-bond donors (Lipinski definition) is 1. The van der Waals surface area contributed by atoms with Crippen molar-refractivity contribution < 1.29 is 29.1 Å². The van der Waals surface area contributed by atoms with E-state index in [0.717, 1.165) is 0 Å². The molecule has 1 saturated heterocycles. The second-order valence-electron chi connectivity index (χ2n) is 7.53. The first-order valence-electron chi connectivity index (χ1n) is 10.0. The van der Waals surface area contributed by atoms with Gasteiger partial charge in [-0.3, -0.25) is 19.7 Å². The van der Waals surface area contributed by atoms with Gasteiger partial charge in [-0.25, -0.2) is 0 Å². The lowest BCUT2D eigenvalue weighted by molar-refractivity contribution is -0.384. The summed E-state index contributed by atoms with van der Waals surface area (Å²) in [4.78, 5) is 37.6. The molecule has 9 heteroatoms. The Morgan fingerprint density at radius 1 is 1.19 bits per heavy atom. The lowest BCUT2D eigenvalue weighted by atomic mass is 9.95. The van der Waals surface area contributed by atoms with E-state index < -0.39 is 22.7 Å². The van der Waals surface area contributed by atoms with Crippen LogP contribution in [0.1, 0.15) is 31.0 Å². The van der Waals surface area contributed by atoms with E-state index in [2.05, 4.69) is 0 Å². The van der Waals surface area contributed by atoms with E-state index >= 15 is 0 Å². The summed E-state index contributed by atoms with van der Waals surface area (Å²) in [5.41, 5.74) is 0.344. The monoisotopic (exact) mass is 440 g/mol. The summed E-state index contributed by atoms with van der Waals surface area (Å²) in [6.45, 7) is 3.99. The highest BCUT2D eigenvalue weighted by Gasteiger charge is 2.46. The summed E-state index contributed by atoms with van der Waals surface area (Å²) in [5, 5.41) is 22.3. The van der Waals surface area contributed by atoms with Crippen LogP contribution in [0, 0.1) is 10.1 Å². The number of hydrogen-bond acceptors (Lipinski definition) is 7. The van der Waals surface area contributed by atoms with Crippen LogP contribution in [0.2, 0.25) is 0 Å². The Labute approximate surface area is 185 Å². The molecule has 1 aliphatic rings. The van der Waals surface area contributed by atoms with E-state index in [4.69, 9.17) is 9.47 Å². The zero-order chi connectivity index (χ0) is 23.4. The van der Waals surface area contributed by atoms with Gasteiger partial charge in [-0.2, -0.15) is 0 Å². The van der Waals surface area contributed by atoms with Crippen molar-refractivity contribution in [1.82, 2.24) is 4.90 Å². The molecule has 168 valence electrons. The molecule has 0 saturated carbocycles. The van der Waals surface area contributed by atoms with Crippen molar-refractivity contribution in [3.63, 3.8) is 0 Å². The Bertz CT molecular complexity index is 1060. The molecule has 2 aromatic rings. The van der Waals surface area contributed by atoms with Gasteiger partial charge in [0.15, 0.2) is 0 Å². The molecule has 1 unspecified atom stereocenters. The van der Waals surface area contributed by atoms with Crippen LogP contribution in [0.4, 0.5) is 5.69 Å². The number of non-ortho nitro benzene ring substituents is 1. The smallest absolute Gasteiger partial charge is 0.295 e. The number of aliphatic hydroxyl groups is 1. The van der Waals surface area contributed by atoms with Gasteiger partial charge < -0.3 is 19.5 Å². The number of rotatable bonds is 8. The molecule has 0 bridgehead atoms. The van der Waals surface area contributed by atoms with Crippen molar-refractivity contribution >= 4 is 23.1 Å². The third-order valence-corrected chi connectivity index (χ3v) is 4.97. The molecule has 0 radical (unpaired) electrons. The maximum atomic E-state index is 12.9. The first-order chi connectivity index (χ1) is 15.2. The normalized spacial score (nSPS) is 17.8. The van der Waals surface area contributed by atoms with Gasteiger partial charge in [-0.1, -0.05) is 12.1 Å². The topological polar surface area (TPSA) is 119 Å². The Balaban J connectivity index is 2.11. The zero-order valence-electron chi connectivity index (χ0n) is 18.0. The summed E-state index contributed by atoms with van der Waals surface area (Å²) in [5.74, 6) is -1.44. The van der Waals surface area contributed by atoms with Crippen molar-refractivity contribution in [2.24, 2.45) is 0 Å². The predicted molar refractivity (Wildman–Crippen MR) is 116 cm³/mol. The van der Waals surface area contributed by atoms with Gasteiger partial charge in [0.25, 0.3) is 17.4 Å². The fraction of sp³-hybridized carbons (Fsp3) is 0.304. The lowest BCUT2D eigenvalue weighted by Gasteiger charge is -2.25. The number of methoxy groups -OCH3 is 1. The number of aliphatic hydroxyl groups excluding tert-OH is 1. The summed E-state index contributed by atoms with van der Waals surface area (Å²) in [6, 6.07) is 11.1. The average molecular weight is 440 g/mol. The number of carbonyl (C=O) groups excluding carboxylic acids is 2. The molecule has 0 aliphatic carbocycles. The molecule has 0 spiro atoms. The van der Waals surface area contributed by atoms with E-state index in [1.165, 1.54) is 30.2 Å². The first kappa shape index (κ1) is 23.0. The van der Waals surface area contributed by atoms with Crippen LogP contribution in [0.3, 0.4) is 0 Å². The molecule has 1 N–H and O–H groups in total. The SMILES string of the molecule is COCCN1C(=O)C(=O)/C(=C(\O)c2ccc(OC(C)C)cc2)C1c1cccc([N+](=O)[O-])c1. The molecule has 9 nitrogen and oxygen atoms in total. The average Bonchev–Trinajstić information content (AvgIpc) is 3.02. The highest BCUT2D eigenvalue weighted by Crippen LogP contribution is 2.40. The van der Waals surface area contributed by atoms with Gasteiger partial charge in [-0.05, 0) is 43.7 Å². The number of ketones is 1. The highest BCUT2D eigenvalue weighted by molar-refractivity contribution is 6.46. The number of nitro groups is 1. The van der Waals surface area contributed by atoms with Crippen LogP contribution in [-0.4, -0.2) is 53.0 Å². The van der Waals surface area contributed by atoms with Crippen molar-refractivity contribution in [2.45, 2.75) is 26.0 Å². The third kappa shape index (κ3) is 4.62. The van der Waals surface area contributed by atoms with Gasteiger partial charge in [0.1, 0.15) is 11.5 Å². The molecular formula is C23H24N2O7. The minimum Gasteiger partial charge on any atom is -0.507 e. The number of carbonyl (C=O) groups is 2. The van der Waals surface area contributed by atoms with Crippen molar-refractivity contribution in [3.05, 3.63) is 75.3 Å². The number of nitro benzene ring substituents is 1. The maximum absolute atomic E-state index is 12.9. The van der Waals surface area contributed by atoms with Crippen molar-refractivity contribution in [3.8, 4) is 5.75 Å². The number of Topliss-reactive ketones (excluding diaryl/α,β-unsaturated/α-hetero) is 1. The molecule has 3 rings (SSSR count). The first-order valence-corrected chi connectivity index (χ1v) is 10.0. The fourth-order valence-electron chi connectivity index (χ4n) is 3.57. The molecule has 1 fully saturated rings. The van der Waals surface area contributed by atoms with Gasteiger partial charge in [-0.15, -0.1) is 0 Å². The number of amides is 1. The number of likely N-dealkylation sites (tertiary alicyclic amines) is 1. The number of nitrogens with zero attached hydrogens (tertiary/aromatic N) is 2. The van der Waals surface area contributed by atoms with Crippen LogP contribution < -0.4 is 4.74 Å². The molecule has 1 aliphatic heterocycles. The maximum Gasteiger partial charge on any atom is 0.295 e. The van der Waals surface area contributed by atoms with Gasteiger partial charge in [0, 0.05) is 31.4 Å². The summed E-state index contributed by atoms with van der Waals surface area (Å²) in [6.07, 6.45) is -0.0329. The molecule has 1 heterocycles. The fourth-order valence-corrected chi connectivity index (χ4v) is 3.57. The van der Waals surface area contributed by atoms with E-state index in [1.54, 1.807) is 30.3 Å².